The highest BCUT2D eigenvalue weighted by Gasteiger charge is 2.13. The molecule has 0 saturated carbocycles. The van der Waals surface area contributed by atoms with E-state index in [9.17, 15) is 18.9 Å². The fraction of sp³-hybridized carbons (Fsp3) is 0.333. The number of rotatable bonds is 6. The number of carbonyl (C=O) groups is 2. The van der Waals surface area contributed by atoms with Crippen molar-refractivity contribution in [2.75, 3.05) is 23.9 Å². The van der Waals surface area contributed by atoms with Crippen LogP contribution in [0.2, 0.25) is 0 Å². The smallest absolute Gasteiger partial charge is 0.337 e. The standard InChI is InChI=1S/C12H16N2O5S/c1-20(19)6-2-5-13-12(18)14-10-4-3-8(15)7-9(10)11(16)17/h3-4,7,15H,2,5-6H2,1H3,(H,16,17)(H2,13,14,18). The van der Waals surface area contributed by atoms with Crippen molar-refractivity contribution in [3.63, 3.8) is 0 Å². The van der Waals surface area contributed by atoms with Gasteiger partial charge in [0, 0.05) is 29.4 Å². The number of urea groups is 1. The molecular weight excluding hydrogens is 284 g/mol. The van der Waals surface area contributed by atoms with E-state index in [0.717, 1.165) is 6.07 Å². The second-order valence-electron chi connectivity index (χ2n) is 4.05. The number of carbonyl (C=O) groups excluding carboxylic acids is 1. The van der Waals surface area contributed by atoms with Gasteiger partial charge in [0.25, 0.3) is 0 Å². The zero-order valence-electron chi connectivity index (χ0n) is 10.9. The van der Waals surface area contributed by atoms with Crippen LogP contribution in [-0.4, -0.2) is 45.0 Å². The summed E-state index contributed by atoms with van der Waals surface area (Å²) in [6.45, 7) is 0.339. The van der Waals surface area contributed by atoms with Crippen LogP contribution in [0.5, 0.6) is 5.75 Å². The molecule has 0 bridgehead atoms. The summed E-state index contributed by atoms with van der Waals surface area (Å²) in [5.41, 5.74) is -0.110. The average molecular weight is 300 g/mol. The van der Waals surface area contributed by atoms with Crippen LogP contribution in [-0.2, 0) is 10.8 Å². The second-order valence-corrected chi connectivity index (χ2v) is 5.60. The number of amides is 2. The molecule has 7 nitrogen and oxygen atoms in total. The Morgan fingerprint density at radius 1 is 1.35 bits per heavy atom. The lowest BCUT2D eigenvalue weighted by molar-refractivity contribution is 0.0697. The highest BCUT2D eigenvalue weighted by molar-refractivity contribution is 7.84. The fourth-order valence-electron chi connectivity index (χ4n) is 1.46. The van der Waals surface area contributed by atoms with Crippen LogP contribution in [0.25, 0.3) is 0 Å². The maximum atomic E-state index is 11.6. The monoisotopic (exact) mass is 300 g/mol. The summed E-state index contributed by atoms with van der Waals surface area (Å²) >= 11 is 0. The van der Waals surface area contributed by atoms with Crippen LogP contribution in [0.4, 0.5) is 10.5 Å². The number of carboxylic acid groups (broad SMARTS) is 1. The van der Waals surface area contributed by atoms with Crippen LogP contribution in [0.3, 0.4) is 0 Å². The Morgan fingerprint density at radius 3 is 2.65 bits per heavy atom. The number of hydrogen-bond donors (Lipinski definition) is 4. The molecule has 1 unspecified atom stereocenters. The predicted molar refractivity (Wildman–Crippen MR) is 75.6 cm³/mol. The van der Waals surface area contributed by atoms with Gasteiger partial charge >= 0.3 is 12.0 Å². The fourth-order valence-corrected chi connectivity index (χ4v) is 2.01. The molecule has 0 heterocycles. The summed E-state index contributed by atoms with van der Waals surface area (Å²) in [5, 5.41) is 23.1. The molecule has 1 aromatic carbocycles. The first-order valence-corrected chi connectivity index (χ1v) is 7.54. The molecule has 20 heavy (non-hydrogen) atoms. The van der Waals surface area contributed by atoms with Crippen LogP contribution >= 0.6 is 0 Å². The Labute approximate surface area is 118 Å². The molecule has 0 aliphatic heterocycles. The molecule has 0 fully saturated rings. The van der Waals surface area contributed by atoms with E-state index in [2.05, 4.69) is 10.6 Å². The van der Waals surface area contributed by atoms with Crippen LogP contribution < -0.4 is 10.6 Å². The molecule has 1 aromatic rings. The summed E-state index contributed by atoms with van der Waals surface area (Å²) in [6, 6.07) is 3.08. The summed E-state index contributed by atoms with van der Waals surface area (Å²) in [6.07, 6.45) is 2.15. The molecule has 0 spiro atoms. The molecule has 0 aliphatic carbocycles. The van der Waals surface area contributed by atoms with Gasteiger partial charge in [-0.25, -0.2) is 9.59 Å². The van der Waals surface area contributed by atoms with Gasteiger partial charge in [-0.2, -0.15) is 0 Å². The van der Waals surface area contributed by atoms with Gasteiger partial charge in [-0.1, -0.05) is 0 Å². The minimum atomic E-state index is -1.25. The van der Waals surface area contributed by atoms with E-state index in [1.165, 1.54) is 12.1 Å². The van der Waals surface area contributed by atoms with E-state index in [-0.39, 0.29) is 17.0 Å². The Bertz CT molecular complexity index is 533. The van der Waals surface area contributed by atoms with Crippen molar-refractivity contribution in [3.05, 3.63) is 23.8 Å². The number of carboxylic acids is 1. The van der Waals surface area contributed by atoms with Crippen molar-refractivity contribution in [2.45, 2.75) is 6.42 Å². The van der Waals surface area contributed by atoms with Gasteiger partial charge in [-0.05, 0) is 24.6 Å². The number of anilines is 1. The minimum absolute atomic E-state index is 0.0897. The highest BCUT2D eigenvalue weighted by Crippen LogP contribution is 2.21. The molecule has 0 aliphatic rings. The second kappa shape index (κ2) is 7.49. The van der Waals surface area contributed by atoms with Crippen molar-refractivity contribution in [1.29, 1.82) is 0 Å². The molecule has 0 aromatic heterocycles. The van der Waals surface area contributed by atoms with Crippen molar-refractivity contribution in [3.8, 4) is 5.75 Å². The molecular formula is C12H16N2O5S. The van der Waals surface area contributed by atoms with Gasteiger partial charge < -0.3 is 20.8 Å². The van der Waals surface area contributed by atoms with E-state index in [1.807, 2.05) is 0 Å². The number of phenolic OH excluding ortho intramolecular Hbond substituents is 1. The zero-order valence-corrected chi connectivity index (χ0v) is 11.7. The van der Waals surface area contributed by atoms with E-state index in [4.69, 9.17) is 5.11 Å². The third-order valence-electron chi connectivity index (χ3n) is 2.38. The first-order valence-electron chi connectivity index (χ1n) is 5.81. The highest BCUT2D eigenvalue weighted by atomic mass is 32.2. The van der Waals surface area contributed by atoms with Gasteiger partial charge in [-0.3, -0.25) is 4.21 Å². The Morgan fingerprint density at radius 2 is 2.05 bits per heavy atom. The third-order valence-corrected chi connectivity index (χ3v) is 3.24. The lowest BCUT2D eigenvalue weighted by Crippen LogP contribution is -2.30. The maximum Gasteiger partial charge on any atom is 0.337 e. The van der Waals surface area contributed by atoms with E-state index < -0.39 is 22.8 Å². The topological polar surface area (TPSA) is 116 Å². The Balaban J connectivity index is 2.57. The quantitative estimate of drug-likeness (QED) is 0.461. The Kier molecular flexibility index (Phi) is 5.98. The SMILES string of the molecule is CS(=O)CCCNC(=O)Nc1ccc(O)cc1C(=O)O. The Hall–Kier alpha value is -2.09. The van der Waals surface area contributed by atoms with Crippen LogP contribution in [0, 0.1) is 0 Å². The predicted octanol–water partition coefficient (Wildman–Crippen LogP) is 0.980. The largest absolute Gasteiger partial charge is 0.508 e. The van der Waals surface area contributed by atoms with Crippen molar-refractivity contribution < 1.29 is 24.0 Å². The van der Waals surface area contributed by atoms with Crippen molar-refractivity contribution in [2.24, 2.45) is 0 Å². The molecule has 1 atom stereocenters. The summed E-state index contributed by atoms with van der Waals surface area (Å²) in [7, 11) is -0.908. The maximum absolute atomic E-state index is 11.6. The van der Waals surface area contributed by atoms with Crippen LogP contribution in [0.15, 0.2) is 18.2 Å². The van der Waals surface area contributed by atoms with Gasteiger partial charge in [-0.15, -0.1) is 0 Å². The number of hydrogen-bond acceptors (Lipinski definition) is 4. The first-order chi connectivity index (χ1) is 9.40. The minimum Gasteiger partial charge on any atom is -0.508 e. The van der Waals surface area contributed by atoms with Crippen LogP contribution in [0.1, 0.15) is 16.8 Å². The molecule has 0 saturated heterocycles. The number of aromatic hydroxyl groups is 1. The molecule has 0 radical (unpaired) electrons. The molecule has 4 N–H and O–H groups in total. The van der Waals surface area contributed by atoms with Gasteiger partial charge in [0.05, 0.1) is 11.3 Å². The molecule has 8 heteroatoms. The van der Waals surface area contributed by atoms with Gasteiger partial charge in [0.15, 0.2) is 0 Å². The normalized spacial score (nSPS) is 11.7. The summed E-state index contributed by atoms with van der Waals surface area (Å²) in [4.78, 5) is 22.5. The van der Waals surface area contributed by atoms with Crippen molar-refractivity contribution in [1.82, 2.24) is 5.32 Å². The van der Waals surface area contributed by atoms with E-state index in [0.29, 0.717) is 18.7 Å². The zero-order chi connectivity index (χ0) is 15.1. The third kappa shape index (κ3) is 5.27. The first kappa shape index (κ1) is 16.0. The van der Waals surface area contributed by atoms with E-state index in [1.54, 1.807) is 6.26 Å². The molecule has 1 rings (SSSR count). The molecule has 2 amide bonds. The molecule has 110 valence electrons. The summed E-state index contributed by atoms with van der Waals surface area (Å²) < 4.78 is 10.8. The lowest BCUT2D eigenvalue weighted by atomic mass is 10.1. The van der Waals surface area contributed by atoms with Crippen molar-refractivity contribution >= 4 is 28.5 Å². The van der Waals surface area contributed by atoms with Gasteiger partial charge in [0.1, 0.15) is 5.75 Å². The average Bonchev–Trinajstić information content (AvgIpc) is 2.36. The number of phenols is 1. The number of benzene rings is 1. The summed E-state index contributed by atoms with van der Waals surface area (Å²) in [5.74, 6) is -0.962. The number of aromatic carboxylic acids is 1. The number of nitrogens with one attached hydrogen (secondary N) is 2. The van der Waals surface area contributed by atoms with Gasteiger partial charge in [0.2, 0.25) is 0 Å². The lowest BCUT2D eigenvalue weighted by Gasteiger charge is -2.10. The van der Waals surface area contributed by atoms with E-state index >= 15 is 0 Å².